The Bertz CT molecular complexity index is 355. The molecule has 0 aliphatic heterocycles. The number of alkyl halides is 5. The Morgan fingerprint density at radius 2 is 1.35 bits per heavy atom. The summed E-state index contributed by atoms with van der Waals surface area (Å²) in [6.45, 7) is 0. The molecule has 0 atom stereocenters. The molecule has 100 valence electrons. The first kappa shape index (κ1) is 16.6. The summed E-state index contributed by atoms with van der Waals surface area (Å²) in [6.07, 6.45) is -3.53. The minimum absolute atomic E-state index is 0.0216. The molecule has 0 aromatic carbocycles. The van der Waals surface area contributed by atoms with Crippen molar-refractivity contribution in [2.45, 2.75) is 15.6 Å². The molecule has 3 nitrogen and oxygen atoms in total. The van der Waals surface area contributed by atoms with Gasteiger partial charge in [-0.2, -0.15) is 30.7 Å². The van der Waals surface area contributed by atoms with Crippen molar-refractivity contribution in [3.05, 3.63) is 11.9 Å². The molecular weight excluding hydrogens is 380 g/mol. The van der Waals surface area contributed by atoms with E-state index in [0.717, 1.165) is 0 Å². The van der Waals surface area contributed by atoms with Crippen LogP contribution in [-0.2, 0) is 4.79 Å². The standard InChI is InChI=1S/C6H2F7IO3/c7-1(3(8)9)2(15)4(10,11)5(12,13)6(14,16)17/h16-17H. The quantitative estimate of drug-likeness (QED) is 0.257. The van der Waals surface area contributed by atoms with Crippen LogP contribution >= 0.6 is 22.6 Å². The lowest BCUT2D eigenvalue weighted by Gasteiger charge is -2.30. The van der Waals surface area contributed by atoms with E-state index in [1.54, 1.807) is 0 Å². The summed E-state index contributed by atoms with van der Waals surface area (Å²) in [5.74, 6) is -18.8. The van der Waals surface area contributed by atoms with Gasteiger partial charge in [0.15, 0.2) is 0 Å². The highest BCUT2D eigenvalue weighted by Crippen LogP contribution is 2.46. The lowest BCUT2D eigenvalue weighted by Crippen LogP contribution is -2.59. The van der Waals surface area contributed by atoms with Crippen LogP contribution < -0.4 is 0 Å². The van der Waals surface area contributed by atoms with Gasteiger partial charge in [-0.05, 0) is 22.6 Å². The molecule has 0 aromatic rings. The van der Waals surface area contributed by atoms with Gasteiger partial charge in [-0.3, -0.25) is 4.79 Å². The summed E-state index contributed by atoms with van der Waals surface area (Å²) in [6, 6.07) is 0. The monoisotopic (exact) mass is 382 g/mol. The van der Waals surface area contributed by atoms with Crippen molar-refractivity contribution in [2.24, 2.45) is 0 Å². The van der Waals surface area contributed by atoms with E-state index in [9.17, 15) is 35.5 Å². The number of hydrogen-bond acceptors (Lipinski definition) is 3. The number of rotatable bonds is 4. The maximum atomic E-state index is 12.7. The Labute approximate surface area is 102 Å². The van der Waals surface area contributed by atoms with E-state index in [1.165, 1.54) is 0 Å². The molecule has 0 spiro atoms. The number of carbonyl (C=O) groups excluding carboxylic acids is 1. The molecule has 0 heterocycles. The molecule has 0 fully saturated rings. The maximum absolute atomic E-state index is 12.7. The normalized spacial score (nSPS) is 13.5. The van der Waals surface area contributed by atoms with Crippen LogP contribution in [0.15, 0.2) is 11.9 Å². The summed E-state index contributed by atoms with van der Waals surface area (Å²) in [7, 11) is 0. The lowest BCUT2D eigenvalue weighted by atomic mass is 10.1. The topological polar surface area (TPSA) is 57.5 Å². The highest BCUT2D eigenvalue weighted by Gasteiger charge is 2.72. The van der Waals surface area contributed by atoms with Gasteiger partial charge < -0.3 is 10.2 Å². The van der Waals surface area contributed by atoms with Crippen molar-refractivity contribution in [1.82, 2.24) is 0 Å². The smallest absolute Gasteiger partial charge is 0.353 e. The van der Waals surface area contributed by atoms with Crippen LogP contribution in [-0.4, -0.2) is 31.6 Å². The zero-order chi connectivity index (χ0) is 14.2. The summed E-state index contributed by atoms with van der Waals surface area (Å²) in [5.41, 5.74) is 0. The number of hydrogen-bond donors (Lipinski definition) is 2. The van der Waals surface area contributed by atoms with E-state index < -0.39 is 33.3 Å². The van der Waals surface area contributed by atoms with Gasteiger partial charge in [0.2, 0.25) is 5.83 Å². The first-order valence-corrected chi connectivity index (χ1v) is 4.49. The van der Waals surface area contributed by atoms with Gasteiger partial charge in [0.05, 0.1) is 0 Å². The van der Waals surface area contributed by atoms with Crippen molar-refractivity contribution < 1.29 is 45.7 Å². The van der Waals surface area contributed by atoms with Crippen molar-refractivity contribution in [3.63, 3.8) is 0 Å². The molecule has 0 aromatic heterocycles. The summed E-state index contributed by atoms with van der Waals surface area (Å²) in [5, 5.41) is 16.6. The van der Waals surface area contributed by atoms with E-state index in [2.05, 4.69) is 0 Å². The third kappa shape index (κ3) is 2.88. The molecule has 2 N–H and O–H groups in total. The first-order chi connectivity index (χ1) is 7.26. The fourth-order valence-corrected chi connectivity index (χ4v) is 0.905. The molecule has 0 saturated heterocycles. The van der Waals surface area contributed by atoms with E-state index >= 15 is 0 Å². The van der Waals surface area contributed by atoms with Gasteiger partial charge in [0.25, 0.3) is 9.58 Å². The highest BCUT2D eigenvalue weighted by atomic mass is 127. The van der Waals surface area contributed by atoms with Crippen LogP contribution in [0.4, 0.5) is 30.7 Å². The second-order valence-corrected chi connectivity index (χ2v) is 4.14. The van der Waals surface area contributed by atoms with E-state index in [1.807, 2.05) is 0 Å². The zero-order valence-electron chi connectivity index (χ0n) is 7.33. The Kier molecular flexibility index (Phi) is 4.56. The van der Waals surface area contributed by atoms with Gasteiger partial charge in [-0.1, -0.05) is 0 Å². The number of carbonyl (C=O) groups is 1. The van der Waals surface area contributed by atoms with Crippen LogP contribution in [0.3, 0.4) is 0 Å². The Hall–Kier alpha value is -0.430. The summed E-state index contributed by atoms with van der Waals surface area (Å²) < 4.78 is 81.3. The minimum atomic E-state index is -6.05. The van der Waals surface area contributed by atoms with Gasteiger partial charge in [-0.15, -0.1) is 0 Å². The molecular formula is C6H2F7IO3. The predicted molar refractivity (Wildman–Crippen MR) is 46.4 cm³/mol. The Balaban J connectivity index is 5.59. The van der Waals surface area contributed by atoms with Crippen LogP contribution in [0.25, 0.3) is 0 Å². The molecule has 0 bridgehead atoms. The fraction of sp³-hybridized carbons (Fsp3) is 0.500. The molecule has 17 heavy (non-hydrogen) atoms. The predicted octanol–water partition coefficient (Wildman–Crippen LogP) is 1.98. The lowest BCUT2D eigenvalue weighted by molar-refractivity contribution is -0.299. The third-order valence-electron chi connectivity index (χ3n) is 1.44. The number of aliphatic hydroxyl groups is 2. The highest BCUT2D eigenvalue weighted by molar-refractivity contribution is 14.1. The van der Waals surface area contributed by atoms with Gasteiger partial charge >= 0.3 is 17.9 Å². The molecule has 0 aliphatic rings. The third-order valence-corrected chi connectivity index (χ3v) is 2.12. The van der Waals surface area contributed by atoms with Crippen molar-refractivity contribution in [3.8, 4) is 0 Å². The zero-order valence-corrected chi connectivity index (χ0v) is 9.48. The molecule has 0 radical (unpaired) electrons. The molecule has 0 aliphatic carbocycles. The molecule has 0 rings (SSSR count). The van der Waals surface area contributed by atoms with Crippen molar-refractivity contribution in [2.75, 3.05) is 0 Å². The first-order valence-electron chi connectivity index (χ1n) is 3.41. The van der Waals surface area contributed by atoms with Crippen molar-refractivity contribution in [1.29, 1.82) is 0 Å². The second kappa shape index (κ2) is 4.68. The van der Waals surface area contributed by atoms with E-state index in [4.69, 9.17) is 10.2 Å². The minimum Gasteiger partial charge on any atom is -0.353 e. The Morgan fingerprint density at radius 3 is 1.59 bits per heavy atom. The average Bonchev–Trinajstić information content (AvgIpc) is 2.13. The number of allylic oxidation sites excluding steroid dienone is 1. The molecule has 11 heteroatoms. The summed E-state index contributed by atoms with van der Waals surface area (Å²) in [4.78, 5) is 10.3. The number of ketones is 1. The second-order valence-electron chi connectivity index (χ2n) is 2.64. The van der Waals surface area contributed by atoms with Gasteiger partial charge in [0, 0.05) is 0 Å². The largest absolute Gasteiger partial charge is 0.380 e. The van der Waals surface area contributed by atoms with Crippen LogP contribution in [0.2, 0.25) is 0 Å². The Morgan fingerprint density at radius 1 is 1.00 bits per heavy atom. The van der Waals surface area contributed by atoms with E-state index in [-0.39, 0.29) is 22.6 Å². The van der Waals surface area contributed by atoms with Gasteiger partial charge in [-0.25, -0.2) is 0 Å². The van der Waals surface area contributed by atoms with E-state index in [0.29, 0.717) is 0 Å². The van der Waals surface area contributed by atoms with Crippen LogP contribution in [0, 0.1) is 0 Å². The molecule has 0 unspecified atom stereocenters. The summed E-state index contributed by atoms with van der Waals surface area (Å²) >= 11 is 0.0216. The SMILES string of the molecule is O=C(C(F)=C(F)F)C(F)(F)C(F)(F)C(O)(O)I. The maximum Gasteiger partial charge on any atom is 0.380 e. The molecule has 0 amide bonds. The van der Waals surface area contributed by atoms with Crippen LogP contribution in [0.1, 0.15) is 0 Å². The van der Waals surface area contributed by atoms with Crippen molar-refractivity contribution >= 4 is 28.4 Å². The number of halogens is 8. The number of Topliss-reactive ketones (excluding diaryl/α,β-unsaturated/α-hetero) is 1. The fourth-order valence-electron chi connectivity index (χ4n) is 0.566. The van der Waals surface area contributed by atoms with Crippen LogP contribution in [0.5, 0.6) is 0 Å². The average molecular weight is 382 g/mol. The molecule has 0 saturated carbocycles. The van der Waals surface area contributed by atoms with Gasteiger partial charge in [0.1, 0.15) is 0 Å².